The lowest BCUT2D eigenvalue weighted by atomic mass is 9.76. The molecule has 0 heterocycles. The van der Waals surface area contributed by atoms with Crippen molar-refractivity contribution >= 4 is 5.91 Å². The fraction of sp³-hybridized carbons (Fsp3) is 0.562. The highest BCUT2D eigenvalue weighted by Gasteiger charge is 2.35. The first-order valence-corrected chi connectivity index (χ1v) is 7.14. The van der Waals surface area contributed by atoms with Gasteiger partial charge in [0.25, 0.3) is 5.91 Å². The van der Waals surface area contributed by atoms with Crippen molar-refractivity contribution < 1.29 is 4.79 Å². The van der Waals surface area contributed by atoms with Gasteiger partial charge in [-0.05, 0) is 37.8 Å². The molecule has 0 aromatic heterocycles. The minimum absolute atomic E-state index is 0.00301. The van der Waals surface area contributed by atoms with Gasteiger partial charge in [-0.3, -0.25) is 4.79 Å². The Kier molecular flexibility index (Phi) is 4.25. The fourth-order valence-electron chi connectivity index (χ4n) is 3.11. The Morgan fingerprint density at radius 2 is 2.32 bits per heavy atom. The first-order chi connectivity index (χ1) is 9.04. The SMILES string of the molecule is Cc1cccc(C(=O)NC2(CN)CCCC(C)C2)c1. The van der Waals surface area contributed by atoms with Crippen molar-refractivity contribution in [3.63, 3.8) is 0 Å². The van der Waals surface area contributed by atoms with Crippen LogP contribution in [0.4, 0.5) is 0 Å². The maximum absolute atomic E-state index is 12.4. The molecule has 1 saturated carbocycles. The van der Waals surface area contributed by atoms with Crippen LogP contribution in [0, 0.1) is 12.8 Å². The number of carbonyl (C=O) groups is 1. The Labute approximate surface area is 115 Å². The molecule has 1 aromatic rings. The zero-order chi connectivity index (χ0) is 13.9. The molecule has 1 amide bonds. The van der Waals surface area contributed by atoms with E-state index in [2.05, 4.69) is 12.2 Å². The standard InChI is InChI=1S/C16H24N2O/c1-12-5-3-7-14(9-12)15(19)18-16(11-17)8-4-6-13(2)10-16/h3,5,7,9,13H,4,6,8,10-11,17H2,1-2H3,(H,18,19). The number of hydrogen-bond acceptors (Lipinski definition) is 2. The van der Waals surface area contributed by atoms with Crippen LogP contribution in [-0.4, -0.2) is 18.0 Å². The fourth-order valence-corrected chi connectivity index (χ4v) is 3.11. The Balaban J connectivity index is 2.12. The van der Waals surface area contributed by atoms with Crippen LogP contribution in [-0.2, 0) is 0 Å². The second kappa shape index (κ2) is 5.74. The van der Waals surface area contributed by atoms with Gasteiger partial charge in [-0.25, -0.2) is 0 Å². The smallest absolute Gasteiger partial charge is 0.251 e. The van der Waals surface area contributed by atoms with Crippen LogP contribution >= 0.6 is 0 Å². The maximum Gasteiger partial charge on any atom is 0.251 e. The average Bonchev–Trinajstić information content (AvgIpc) is 2.38. The van der Waals surface area contributed by atoms with Crippen LogP contribution in [0.1, 0.15) is 48.5 Å². The third kappa shape index (κ3) is 3.35. The van der Waals surface area contributed by atoms with Crippen molar-refractivity contribution in [1.29, 1.82) is 0 Å². The van der Waals surface area contributed by atoms with E-state index >= 15 is 0 Å². The van der Waals surface area contributed by atoms with Crippen molar-refractivity contribution in [2.75, 3.05) is 6.54 Å². The van der Waals surface area contributed by atoms with Crippen LogP contribution in [0.25, 0.3) is 0 Å². The molecule has 3 nitrogen and oxygen atoms in total. The maximum atomic E-state index is 12.4. The van der Waals surface area contributed by atoms with Crippen molar-refractivity contribution in [3.8, 4) is 0 Å². The van der Waals surface area contributed by atoms with E-state index in [9.17, 15) is 4.79 Å². The lowest BCUT2D eigenvalue weighted by Gasteiger charge is -2.40. The van der Waals surface area contributed by atoms with E-state index in [0.717, 1.165) is 30.4 Å². The summed E-state index contributed by atoms with van der Waals surface area (Å²) in [5.41, 5.74) is 7.56. The molecule has 19 heavy (non-hydrogen) atoms. The van der Waals surface area contributed by atoms with Gasteiger partial charge in [0.05, 0.1) is 5.54 Å². The molecule has 1 aromatic carbocycles. The summed E-state index contributed by atoms with van der Waals surface area (Å²) in [5, 5.41) is 3.19. The topological polar surface area (TPSA) is 55.1 Å². The van der Waals surface area contributed by atoms with E-state index in [1.165, 1.54) is 6.42 Å². The summed E-state index contributed by atoms with van der Waals surface area (Å²) in [7, 11) is 0. The summed E-state index contributed by atoms with van der Waals surface area (Å²) in [4.78, 5) is 12.4. The highest BCUT2D eigenvalue weighted by Crippen LogP contribution is 2.31. The molecule has 0 radical (unpaired) electrons. The van der Waals surface area contributed by atoms with E-state index in [-0.39, 0.29) is 11.4 Å². The van der Waals surface area contributed by atoms with Gasteiger partial charge >= 0.3 is 0 Å². The normalized spacial score (nSPS) is 27.0. The Morgan fingerprint density at radius 1 is 1.53 bits per heavy atom. The second-order valence-electron chi connectivity index (χ2n) is 6.01. The molecule has 2 atom stereocenters. The van der Waals surface area contributed by atoms with Crippen LogP contribution in [0.15, 0.2) is 24.3 Å². The summed E-state index contributed by atoms with van der Waals surface area (Å²) in [6, 6.07) is 7.70. The van der Waals surface area contributed by atoms with E-state index in [0.29, 0.717) is 12.5 Å². The number of carbonyl (C=O) groups excluding carboxylic acids is 1. The minimum Gasteiger partial charge on any atom is -0.345 e. The molecule has 3 heteroatoms. The van der Waals surface area contributed by atoms with E-state index < -0.39 is 0 Å². The number of aryl methyl sites for hydroxylation is 1. The summed E-state index contributed by atoms with van der Waals surface area (Å²) in [6.45, 7) is 4.76. The molecule has 0 spiro atoms. The third-order valence-corrected chi connectivity index (χ3v) is 4.14. The third-order valence-electron chi connectivity index (χ3n) is 4.14. The average molecular weight is 260 g/mol. The largest absolute Gasteiger partial charge is 0.345 e. The molecule has 2 rings (SSSR count). The molecular weight excluding hydrogens is 236 g/mol. The summed E-state index contributed by atoms with van der Waals surface area (Å²) in [5.74, 6) is 0.637. The van der Waals surface area contributed by atoms with Gasteiger partial charge in [0.2, 0.25) is 0 Å². The van der Waals surface area contributed by atoms with Crippen molar-refractivity contribution in [1.82, 2.24) is 5.32 Å². The minimum atomic E-state index is -0.210. The first kappa shape index (κ1) is 14.1. The number of nitrogens with one attached hydrogen (secondary N) is 1. The summed E-state index contributed by atoms with van der Waals surface area (Å²) in [6.07, 6.45) is 4.36. The predicted molar refractivity (Wildman–Crippen MR) is 78.1 cm³/mol. The number of hydrogen-bond donors (Lipinski definition) is 2. The van der Waals surface area contributed by atoms with Crippen LogP contribution < -0.4 is 11.1 Å². The van der Waals surface area contributed by atoms with Gasteiger partial charge in [-0.15, -0.1) is 0 Å². The van der Waals surface area contributed by atoms with Gasteiger partial charge in [-0.2, -0.15) is 0 Å². The quantitative estimate of drug-likeness (QED) is 0.877. The molecule has 104 valence electrons. The molecule has 3 N–H and O–H groups in total. The number of benzene rings is 1. The van der Waals surface area contributed by atoms with Crippen molar-refractivity contribution in [2.45, 2.75) is 45.1 Å². The zero-order valence-electron chi connectivity index (χ0n) is 11.9. The molecular formula is C16H24N2O. The first-order valence-electron chi connectivity index (χ1n) is 7.14. The lowest BCUT2D eigenvalue weighted by Crippen LogP contribution is -2.56. The molecule has 2 unspecified atom stereocenters. The zero-order valence-corrected chi connectivity index (χ0v) is 11.9. The van der Waals surface area contributed by atoms with Gasteiger partial charge in [0, 0.05) is 12.1 Å². The van der Waals surface area contributed by atoms with Crippen LogP contribution in [0.5, 0.6) is 0 Å². The predicted octanol–water partition coefficient (Wildman–Crippen LogP) is 2.63. The lowest BCUT2D eigenvalue weighted by molar-refractivity contribution is 0.0854. The number of rotatable bonds is 3. The van der Waals surface area contributed by atoms with Gasteiger partial charge in [0.15, 0.2) is 0 Å². The van der Waals surface area contributed by atoms with E-state index in [1.807, 2.05) is 31.2 Å². The highest BCUT2D eigenvalue weighted by molar-refractivity contribution is 5.94. The highest BCUT2D eigenvalue weighted by atomic mass is 16.1. The Bertz CT molecular complexity index is 458. The van der Waals surface area contributed by atoms with Gasteiger partial charge in [-0.1, -0.05) is 37.5 Å². The Hall–Kier alpha value is -1.35. The molecule has 0 bridgehead atoms. The number of nitrogens with two attached hydrogens (primary N) is 1. The van der Waals surface area contributed by atoms with E-state index in [4.69, 9.17) is 5.73 Å². The van der Waals surface area contributed by atoms with Crippen molar-refractivity contribution in [3.05, 3.63) is 35.4 Å². The molecule has 0 saturated heterocycles. The molecule has 1 aliphatic carbocycles. The van der Waals surface area contributed by atoms with Gasteiger partial charge in [0.1, 0.15) is 0 Å². The van der Waals surface area contributed by atoms with Crippen LogP contribution in [0.2, 0.25) is 0 Å². The van der Waals surface area contributed by atoms with E-state index in [1.54, 1.807) is 0 Å². The van der Waals surface area contributed by atoms with Crippen molar-refractivity contribution in [2.24, 2.45) is 11.7 Å². The monoisotopic (exact) mass is 260 g/mol. The van der Waals surface area contributed by atoms with Crippen LogP contribution in [0.3, 0.4) is 0 Å². The molecule has 1 fully saturated rings. The summed E-state index contributed by atoms with van der Waals surface area (Å²) >= 11 is 0. The Morgan fingerprint density at radius 3 is 2.95 bits per heavy atom. The second-order valence-corrected chi connectivity index (χ2v) is 6.01. The van der Waals surface area contributed by atoms with Gasteiger partial charge < -0.3 is 11.1 Å². The molecule has 1 aliphatic rings. The number of amides is 1. The summed E-state index contributed by atoms with van der Waals surface area (Å²) < 4.78 is 0. The molecule has 0 aliphatic heterocycles.